The summed E-state index contributed by atoms with van der Waals surface area (Å²) in [6.07, 6.45) is 0.487. The standard InChI is InChI=1S/C18H20FN3O2/c19-14-8-13(9-14)11-21-6-7-22-17(18(21)23)10-15(20-22)12-24-16-4-2-1-3-5-16/h1-5,10,13-14H,6-9,11-12H2. The monoisotopic (exact) mass is 329 g/mol. The highest BCUT2D eigenvalue weighted by atomic mass is 19.1. The van der Waals surface area contributed by atoms with Gasteiger partial charge >= 0.3 is 0 Å². The van der Waals surface area contributed by atoms with Crippen LogP contribution in [-0.2, 0) is 13.2 Å². The Morgan fingerprint density at radius 3 is 2.75 bits per heavy atom. The van der Waals surface area contributed by atoms with Crippen molar-refractivity contribution in [2.75, 3.05) is 13.1 Å². The van der Waals surface area contributed by atoms with Crippen LogP contribution in [0, 0.1) is 5.92 Å². The Morgan fingerprint density at radius 2 is 2.00 bits per heavy atom. The van der Waals surface area contributed by atoms with Crippen LogP contribution in [-0.4, -0.2) is 39.8 Å². The number of nitrogens with zero attached hydrogens (tertiary/aromatic N) is 3. The molecule has 2 aromatic rings. The van der Waals surface area contributed by atoms with Crippen LogP contribution in [0.4, 0.5) is 4.39 Å². The van der Waals surface area contributed by atoms with Gasteiger partial charge in [0.05, 0.1) is 6.54 Å². The van der Waals surface area contributed by atoms with Crippen LogP contribution in [0.3, 0.4) is 0 Å². The maximum absolute atomic E-state index is 13.0. The third kappa shape index (κ3) is 3.00. The van der Waals surface area contributed by atoms with E-state index in [9.17, 15) is 9.18 Å². The van der Waals surface area contributed by atoms with Crippen molar-refractivity contribution >= 4 is 5.91 Å². The van der Waals surface area contributed by atoms with Gasteiger partial charge in [-0.2, -0.15) is 5.10 Å². The second-order valence-electron chi connectivity index (χ2n) is 6.53. The summed E-state index contributed by atoms with van der Waals surface area (Å²) in [5, 5.41) is 4.46. The lowest BCUT2D eigenvalue weighted by molar-refractivity contribution is 0.0526. The normalized spacial score (nSPS) is 22.9. The number of fused-ring (bicyclic) bond motifs is 1. The molecule has 0 N–H and O–H groups in total. The topological polar surface area (TPSA) is 47.4 Å². The summed E-state index contributed by atoms with van der Waals surface area (Å²) in [5.74, 6) is 1.07. The first-order valence-electron chi connectivity index (χ1n) is 8.37. The van der Waals surface area contributed by atoms with E-state index in [-0.39, 0.29) is 5.91 Å². The number of amides is 1. The van der Waals surface area contributed by atoms with Crippen molar-refractivity contribution in [2.24, 2.45) is 5.92 Å². The highest BCUT2D eigenvalue weighted by Crippen LogP contribution is 2.31. The Morgan fingerprint density at radius 1 is 1.21 bits per heavy atom. The molecule has 0 saturated heterocycles. The van der Waals surface area contributed by atoms with Crippen LogP contribution < -0.4 is 4.74 Å². The van der Waals surface area contributed by atoms with Gasteiger partial charge in [0.25, 0.3) is 5.91 Å². The van der Waals surface area contributed by atoms with Crippen molar-refractivity contribution in [3.8, 4) is 5.75 Å². The largest absolute Gasteiger partial charge is 0.487 e. The molecule has 1 fully saturated rings. The molecule has 1 aromatic heterocycles. The number of hydrogen-bond donors (Lipinski definition) is 0. The number of carbonyl (C=O) groups is 1. The van der Waals surface area contributed by atoms with E-state index in [1.54, 1.807) is 10.7 Å². The van der Waals surface area contributed by atoms with E-state index in [1.807, 2.05) is 35.2 Å². The van der Waals surface area contributed by atoms with E-state index in [0.29, 0.717) is 50.7 Å². The number of halogens is 1. The molecule has 0 bridgehead atoms. The molecular formula is C18H20FN3O2. The number of para-hydroxylation sites is 1. The van der Waals surface area contributed by atoms with Gasteiger partial charge in [-0.05, 0) is 37.0 Å². The molecule has 0 radical (unpaired) electrons. The maximum atomic E-state index is 13.0. The lowest BCUT2D eigenvalue weighted by Gasteiger charge is -2.36. The van der Waals surface area contributed by atoms with E-state index in [0.717, 1.165) is 11.4 Å². The Labute approximate surface area is 140 Å². The van der Waals surface area contributed by atoms with Crippen molar-refractivity contribution in [2.45, 2.75) is 32.2 Å². The van der Waals surface area contributed by atoms with Gasteiger partial charge in [-0.25, -0.2) is 4.39 Å². The molecular weight excluding hydrogens is 309 g/mol. The quantitative estimate of drug-likeness (QED) is 0.847. The molecule has 1 saturated carbocycles. The number of aromatic nitrogens is 2. The Bertz CT molecular complexity index is 725. The summed E-state index contributed by atoms with van der Waals surface area (Å²) in [6, 6.07) is 11.3. The molecule has 4 rings (SSSR count). The fraction of sp³-hybridized carbons (Fsp3) is 0.444. The minimum Gasteiger partial charge on any atom is -0.487 e. The van der Waals surface area contributed by atoms with E-state index in [2.05, 4.69) is 5.10 Å². The number of rotatable bonds is 5. The molecule has 0 spiro atoms. The van der Waals surface area contributed by atoms with Gasteiger partial charge in [0.2, 0.25) is 0 Å². The van der Waals surface area contributed by atoms with Crippen molar-refractivity contribution < 1.29 is 13.9 Å². The number of alkyl halides is 1. The highest BCUT2D eigenvalue weighted by Gasteiger charge is 2.34. The Kier molecular flexibility index (Phi) is 3.96. The van der Waals surface area contributed by atoms with Crippen molar-refractivity contribution in [1.29, 1.82) is 0 Å². The molecule has 126 valence electrons. The SMILES string of the molecule is O=C1c2cc(COc3ccccc3)nn2CCN1CC1CC(F)C1. The summed E-state index contributed by atoms with van der Waals surface area (Å²) >= 11 is 0. The van der Waals surface area contributed by atoms with Crippen LogP contribution in [0.15, 0.2) is 36.4 Å². The van der Waals surface area contributed by atoms with Gasteiger partial charge < -0.3 is 9.64 Å². The number of carbonyl (C=O) groups excluding carboxylic acids is 1. The van der Waals surface area contributed by atoms with Gasteiger partial charge in [-0.1, -0.05) is 18.2 Å². The maximum Gasteiger partial charge on any atom is 0.272 e. The van der Waals surface area contributed by atoms with E-state index in [4.69, 9.17) is 4.74 Å². The summed E-state index contributed by atoms with van der Waals surface area (Å²) in [7, 11) is 0. The predicted octanol–water partition coefficient (Wildman–Crippen LogP) is 2.67. The Balaban J connectivity index is 1.40. The summed E-state index contributed by atoms with van der Waals surface area (Å²) in [5.41, 5.74) is 1.35. The van der Waals surface area contributed by atoms with Crippen LogP contribution in [0.5, 0.6) is 5.75 Å². The van der Waals surface area contributed by atoms with Gasteiger partial charge in [-0.15, -0.1) is 0 Å². The molecule has 2 aliphatic rings. The van der Waals surface area contributed by atoms with Crippen LogP contribution in [0.25, 0.3) is 0 Å². The minimum absolute atomic E-state index is 0.0120. The predicted molar refractivity (Wildman–Crippen MR) is 86.5 cm³/mol. The van der Waals surface area contributed by atoms with Gasteiger partial charge in [0.1, 0.15) is 29.9 Å². The first-order valence-corrected chi connectivity index (χ1v) is 8.37. The number of ether oxygens (including phenoxy) is 1. The minimum atomic E-state index is -0.679. The van der Waals surface area contributed by atoms with Crippen LogP contribution in [0.2, 0.25) is 0 Å². The third-order valence-electron chi connectivity index (χ3n) is 4.71. The van der Waals surface area contributed by atoms with Crippen LogP contribution in [0.1, 0.15) is 29.0 Å². The lowest BCUT2D eigenvalue weighted by atomic mass is 9.83. The van der Waals surface area contributed by atoms with Crippen LogP contribution >= 0.6 is 0 Å². The molecule has 0 atom stereocenters. The third-order valence-corrected chi connectivity index (χ3v) is 4.71. The molecule has 1 aromatic carbocycles. The zero-order valence-corrected chi connectivity index (χ0v) is 13.4. The summed E-state index contributed by atoms with van der Waals surface area (Å²) in [4.78, 5) is 14.4. The fourth-order valence-electron chi connectivity index (χ4n) is 3.33. The number of benzene rings is 1. The summed E-state index contributed by atoms with van der Waals surface area (Å²) in [6.45, 7) is 2.31. The highest BCUT2D eigenvalue weighted by molar-refractivity contribution is 5.93. The molecule has 24 heavy (non-hydrogen) atoms. The smallest absolute Gasteiger partial charge is 0.272 e. The van der Waals surface area contributed by atoms with Gasteiger partial charge in [0.15, 0.2) is 0 Å². The molecule has 1 amide bonds. The van der Waals surface area contributed by atoms with Crippen molar-refractivity contribution in [3.63, 3.8) is 0 Å². The molecule has 2 heterocycles. The molecule has 1 aliphatic carbocycles. The molecule has 6 heteroatoms. The van der Waals surface area contributed by atoms with E-state index < -0.39 is 6.17 Å². The zero-order valence-electron chi connectivity index (χ0n) is 13.4. The molecule has 0 unspecified atom stereocenters. The van der Waals surface area contributed by atoms with E-state index in [1.165, 1.54) is 0 Å². The summed E-state index contributed by atoms with van der Waals surface area (Å²) < 4.78 is 20.4. The first kappa shape index (κ1) is 15.2. The van der Waals surface area contributed by atoms with Gasteiger partial charge in [0, 0.05) is 13.1 Å². The Hall–Kier alpha value is -2.37. The van der Waals surface area contributed by atoms with E-state index >= 15 is 0 Å². The van der Waals surface area contributed by atoms with Crippen molar-refractivity contribution in [3.05, 3.63) is 47.8 Å². The second-order valence-corrected chi connectivity index (χ2v) is 6.53. The zero-order chi connectivity index (χ0) is 16.5. The molecule has 5 nitrogen and oxygen atoms in total. The average molecular weight is 329 g/mol. The van der Waals surface area contributed by atoms with Gasteiger partial charge in [-0.3, -0.25) is 9.48 Å². The molecule has 1 aliphatic heterocycles. The van der Waals surface area contributed by atoms with Crippen molar-refractivity contribution in [1.82, 2.24) is 14.7 Å². The second kappa shape index (κ2) is 6.26. The number of hydrogen-bond acceptors (Lipinski definition) is 3. The first-order chi connectivity index (χ1) is 11.7. The fourth-order valence-corrected chi connectivity index (χ4v) is 3.33. The lowest BCUT2D eigenvalue weighted by Crippen LogP contribution is -2.45. The average Bonchev–Trinajstić information content (AvgIpc) is 2.99.